The molecule has 0 spiro atoms. The van der Waals surface area contributed by atoms with Crippen LogP contribution in [0.1, 0.15) is 27.7 Å². The van der Waals surface area contributed by atoms with E-state index in [1.165, 1.54) is 25.6 Å². The van der Waals surface area contributed by atoms with Crippen LogP contribution in [0.3, 0.4) is 0 Å². The molecule has 0 saturated carbocycles. The van der Waals surface area contributed by atoms with E-state index in [1.54, 1.807) is 32.7 Å². The van der Waals surface area contributed by atoms with Crippen molar-refractivity contribution < 1.29 is 9.76 Å². The van der Waals surface area contributed by atoms with Gasteiger partial charge in [-0.25, -0.2) is 0 Å². The molecule has 1 N–H and O–H groups in total. The zero-order valence-electron chi connectivity index (χ0n) is 15.4. The van der Waals surface area contributed by atoms with Gasteiger partial charge in [0.1, 0.15) is 0 Å². The van der Waals surface area contributed by atoms with E-state index in [0.29, 0.717) is 0 Å². The molecule has 0 atom stereocenters. The van der Waals surface area contributed by atoms with E-state index in [9.17, 15) is 5.11 Å². The van der Waals surface area contributed by atoms with Crippen LogP contribution < -0.4 is 5.46 Å². The lowest BCUT2D eigenvalue weighted by atomic mass is 9.82. The number of thiophene rings is 1. The van der Waals surface area contributed by atoms with Gasteiger partial charge in [-0.05, 0) is 50.6 Å². The Labute approximate surface area is 157 Å². The normalized spacial score (nSPS) is 13.0. The Morgan fingerprint density at radius 2 is 1.81 bits per heavy atom. The molecule has 26 heavy (non-hydrogen) atoms. The lowest BCUT2D eigenvalue weighted by Crippen LogP contribution is -2.49. The lowest BCUT2D eigenvalue weighted by Gasteiger charge is -2.37. The van der Waals surface area contributed by atoms with E-state index < -0.39 is 11.2 Å². The summed E-state index contributed by atoms with van der Waals surface area (Å²) in [5.74, 6) is 0. The van der Waals surface area contributed by atoms with Crippen molar-refractivity contribution in [3.05, 3.63) is 48.7 Å². The first-order valence-corrected chi connectivity index (χ1v) is 9.51. The van der Waals surface area contributed by atoms with Gasteiger partial charge in [-0.3, -0.25) is 4.98 Å². The fourth-order valence-corrected chi connectivity index (χ4v) is 4.01. The second kappa shape index (κ2) is 6.05. The molecule has 0 amide bonds. The first kappa shape index (κ1) is 17.5. The predicted octanol–water partition coefficient (Wildman–Crippen LogP) is 4.41. The number of aromatic nitrogens is 1. The van der Waals surface area contributed by atoms with E-state index in [4.69, 9.17) is 4.65 Å². The lowest BCUT2D eigenvalue weighted by molar-refractivity contribution is -0.0893. The maximum absolute atomic E-state index is 10.3. The number of hydrogen-bond acceptors (Lipinski definition) is 4. The first-order valence-electron chi connectivity index (χ1n) is 8.70. The fourth-order valence-electron chi connectivity index (χ4n) is 2.82. The average molecular weight is 362 g/mol. The Morgan fingerprint density at radius 1 is 1.04 bits per heavy atom. The first-order chi connectivity index (χ1) is 12.3. The van der Waals surface area contributed by atoms with Crippen molar-refractivity contribution in [2.75, 3.05) is 0 Å². The van der Waals surface area contributed by atoms with Crippen LogP contribution in [0.5, 0.6) is 0 Å². The van der Waals surface area contributed by atoms with Crippen molar-refractivity contribution in [2.24, 2.45) is 0 Å². The molecule has 2 heterocycles. The highest BCUT2D eigenvalue weighted by atomic mass is 32.1. The van der Waals surface area contributed by atoms with E-state index >= 15 is 0 Å². The van der Waals surface area contributed by atoms with Crippen LogP contribution in [0.25, 0.3) is 31.1 Å². The van der Waals surface area contributed by atoms with Gasteiger partial charge in [0.25, 0.3) is 0 Å². The standard InChI is InChI=1S/C21H21BNO2S/c1-20(2,24)21(3,4)25-22-14-9-7-13-8-10-15-18-17(6-5-11-23-18)26-19(15)16(13)12-14/h5-12,24H,1-4H3. The molecule has 2 aromatic carbocycles. The molecule has 5 heteroatoms. The smallest absolute Gasteiger partial charge is 0.330 e. The topological polar surface area (TPSA) is 42.4 Å². The van der Waals surface area contributed by atoms with Crippen molar-refractivity contribution in [3.8, 4) is 0 Å². The van der Waals surface area contributed by atoms with E-state index in [0.717, 1.165) is 11.0 Å². The molecule has 1 radical (unpaired) electrons. The van der Waals surface area contributed by atoms with Gasteiger partial charge < -0.3 is 9.76 Å². The van der Waals surface area contributed by atoms with Gasteiger partial charge in [-0.15, -0.1) is 11.3 Å². The summed E-state index contributed by atoms with van der Waals surface area (Å²) in [4.78, 5) is 4.54. The monoisotopic (exact) mass is 362 g/mol. The second-order valence-corrected chi connectivity index (χ2v) is 8.73. The highest BCUT2D eigenvalue weighted by molar-refractivity contribution is 7.26. The molecule has 0 fully saturated rings. The molecule has 0 aliphatic rings. The van der Waals surface area contributed by atoms with Gasteiger partial charge in [0, 0.05) is 16.3 Å². The number of hydrogen-bond donors (Lipinski definition) is 1. The summed E-state index contributed by atoms with van der Waals surface area (Å²) in [6, 6.07) is 14.7. The van der Waals surface area contributed by atoms with Gasteiger partial charge in [-0.1, -0.05) is 35.8 Å². The van der Waals surface area contributed by atoms with E-state index in [1.807, 2.05) is 32.2 Å². The number of rotatable bonds is 4. The number of aliphatic hydroxyl groups is 1. The molecule has 4 rings (SSSR count). The highest BCUT2D eigenvalue weighted by Gasteiger charge is 2.35. The van der Waals surface area contributed by atoms with Crippen molar-refractivity contribution in [3.63, 3.8) is 0 Å². The van der Waals surface area contributed by atoms with Crippen LogP contribution in [0.2, 0.25) is 0 Å². The van der Waals surface area contributed by atoms with Crippen LogP contribution in [-0.2, 0) is 4.65 Å². The molecule has 0 unspecified atom stereocenters. The number of fused-ring (bicyclic) bond motifs is 5. The largest absolute Gasteiger partial charge is 0.427 e. The summed E-state index contributed by atoms with van der Waals surface area (Å²) in [7, 11) is 1.74. The molecule has 3 nitrogen and oxygen atoms in total. The van der Waals surface area contributed by atoms with Crippen molar-refractivity contribution >= 4 is 55.4 Å². The minimum Gasteiger partial charge on any atom is -0.427 e. The Balaban J connectivity index is 1.77. The maximum Gasteiger partial charge on any atom is 0.330 e. The van der Waals surface area contributed by atoms with Crippen LogP contribution in [0.4, 0.5) is 0 Å². The van der Waals surface area contributed by atoms with Crippen LogP contribution in [0.15, 0.2) is 48.7 Å². The maximum atomic E-state index is 10.3. The van der Waals surface area contributed by atoms with Crippen molar-refractivity contribution in [1.29, 1.82) is 0 Å². The molecule has 0 saturated heterocycles. The molecule has 0 bridgehead atoms. The molecule has 4 aromatic rings. The van der Waals surface area contributed by atoms with Crippen LogP contribution in [-0.4, -0.2) is 28.8 Å². The summed E-state index contributed by atoms with van der Waals surface area (Å²) < 4.78 is 8.36. The minimum absolute atomic E-state index is 0.685. The number of pyridine rings is 1. The van der Waals surface area contributed by atoms with Gasteiger partial charge in [0.2, 0.25) is 0 Å². The summed E-state index contributed by atoms with van der Waals surface area (Å²) in [5.41, 5.74) is 0.413. The Morgan fingerprint density at radius 3 is 2.58 bits per heavy atom. The van der Waals surface area contributed by atoms with E-state index in [-0.39, 0.29) is 0 Å². The quantitative estimate of drug-likeness (QED) is 0.547. The van der Waals surface area contributed by atoms with E-state index in [2.05, 4.69) is 35.3 Å². The molecule has 0 aliphatic heterocycles. The second-order valence-electron chi connectivity index (χ2n) is 7.68. The van der Waals surface area contributed by atoms with Gasteiger partial charge >= 0.3 is 7.48 Å². The van der Waals surface area contributed by atoms with Crippen molar-refractivity contribution in [1.82, 2.24) is 4.98 Å². The SMILES string of the molecule is CC(C)(O)C(C)(C)O[B]c1ccc2ccc3c4ncccc4sc3c2c1. The predicted molar refractivity (Wildman–Crippen MR) is 111 cm³/mol. The molecule has 0 aliphatic carbocycles. The molecule has 2 aromatic heterocycles. The third-order valence-electron chi connectivity index (χ3n) is 5.20. The Kier molecular flexibility index (Phi) is 4.06. The van der Waals surface area contributed by atoms with Crippen LogP contribution >= 0.6 is 11.3 Å². The zero-order valence-corrected chi connectivity index (χ0v) is 16.2. The van der Waals surface area contributed by atoms with Gasteiger partial charge in [0.15, 0.2) is 0 Å². The van der Waals surface area contributed by atoms with Crippen molar-refractivity contribution in [2.45, 2.75) is 38.9 Å². The zero-order chi connectivity index (χ0) is 18.5. The molecule has 131 valence electrons. The third kappa shape index (κ3) is 2.90. The van der Waals surface area contributed by atoms with Crippen LogP contribution in [0, 0.1) is 0 Å². The summed E-state index contributed by atoms with van der Waals surface area (Å²) in [6.07, 6.45) is 1.84. The Bertz CT molecular complexity index is 1110. The molecular formula is C21H21BNO2S. The van der Waals surface area contributed by atoms with Gasteiger partial charge in [0.05, 0.1) is 21.4 Å². The summed E-state index contributed by atoms with van der Waals surface area (Å²) >= 11 is 1.77. The minimum atomic E-state index is -0.940. The van der Waals surface area contributed by atoms with Gasteiger partial charge in [-0.2, -0.15) is 0 Å². The fraction of sp³-hybridized carbons (Fsp3) is 0.286. The third-order valence-corrected chi connectivity index (χ3v) is 6.39. The average Bonchev–Trinajstić information content (AvgIpc) is 2.98. The number of benzene rings is 2. The highest BCUT2D eigenvalue weighted by Crippen LogP contribution is 2.36. The summed E-state index contributed by atoms with van der Waals surface area (Å²) in [5, 5.41) is 13.9. The summed E-state index contributed by atoms with van der Waals surface area (Å²) in [6.45, 7) is 7.30. The molecular weight excluding hydrogens is 341 g/mol. The number of nitrogens with zero attached hydrogens (tertiary/aromatic N) is 1. The Hall–Kier alpha value is -1.95.